The van der Waals surface area contributed by atoms with Crippen LogP contribution in [0.4, 0.5) is 17.7 Å². The van der Waals surface area contributed by atoms with E-state index in [9.17, 15) is 0 Å². The van der Waals surface area contributed by atoms with Gasteiger partial charge >= 0.3 is 0 Å². The second-order valence-corrected chi connectivity index (χ2v) is 7.18. The topological polar surface area (TPSA) is 64.5 Å². The van der Waals surface area contributed by atoms with Gasteiger partial charge in [0.1, 0.15) is 5.82 Å². The molecule has 3 rings (SSSR count). The number of hydrogen-bond acceptors (Lipinski definition) is 8. The van der Waals surface area contributed by atoms with Crippen LogP contribution in [0.15, 0.2) is 24.7 Å². The van der Waals surface area contributed by atoms with Crippen LogP contribution in [0.5, 0.6) is 0 Å². The molecule has 0 spiro atoms. The van der Waals surface area contributed by atoms with Gasteiger partial charge < -0.3 is 14.7 Å². The van der Waals surface area contributed by atoms with E-state index < -0.39 is 0 Å². The van der Waals surface area contributed by atoms with Crippen LogP contribution in [0.2, 0.25) is 0 Å². The second-order valence-electron chi connectivity index (χ2n) is 7.18. The number of likely N-dealkylation sites (tertiary alicyclic amines) is 1. The smallest absolute Gasteiger partial charge is 0.226 e. The van der Waals surface area contributed by atoms with E-state index in [0.717, 1.165) is 49.3 Å². The molecule has 0 radical (unpaired) electrons. The zero-order valence-corrected chi connectivity index (χ0v) is 16.3. The standard InChI is InChI=1S/C18H28N8/c1-23(2)17-20-10-14(11-21-17)12-26-9-7-15(13-26)25(5)16-6-8-19-18(22-16)24(3)4/h6,8,10-11,15H,7,9,12-13H2,1-5H3. The molecule has 2 aromatic rings. The largest absolute Gasteiger partial charge is 0.355 e. The maximum absolute atomic E-state index is 4.65. The van der Waals surface area contributed by atoms with Crippen LogP contribution >= 0.6 is 0 Å². The maximum atomic E-state index is 4.65. The van der Waals surface area contributed by atoms with Gasteiger partial charge in [-0.15, -0.1) is 0 Å². The van der Waals surface area contributed by atoms with Crippen LogP contribution in [0.1, 0.15) is 12.0 Å². The first kappa shape index (κ1) is 18.3. The van der Waals surface area contributed by atoms with E-state index in [1.807, 2.05) is 62.6 Å². The van der Waals surface area contributed by atoms with Crippen molar-refractivity contribution in [1.29, 1.82) is 0 Å². The number of hydrogen-bond donors (Lipinski definition) is 0. The van der Waals surface area contributed by atoms with Crippen LogP contribution in [0, 0.1) is 0 Å². The van der Waals surface area contributed by atoms with Crippen molar-refractivity contribution in [2.75, 3.05) is 63.0 Å². The fourth-order valence-corrected chi connectivity index (χ4v) is 3.13. The minimum absolute atomic E-state index is 0.446. The Morgan fingerprint density at radius 1 is 1.00 bits per heavy atom. The van der Waals surface area contributed by atoms with Crippen molar-refractivity contribution in [3.8, 4) is 0 Å². The van der Waals surface area contributed by atoms with Crippen molar-refractivity contribution in [3.63, 3.8) is 0 Å². The summed E-state index contributed by atoms with van der Waals surface area (Å²) in [6.07, 6.45) is 6.79. The van der Waals surface area contributed by atoms with Crippen molar-refractivity contribution in [3.05, 3.63) is 30.2 Å². The van der Waals surface area contributed by atoms with Crippen LogP contribution in [0.25, 0.3) is 0 Å². The molecule has 26 heavy (non-hydrogen) atoms. The lowest BCUT2D eigenvalue weighted by Gasteiger charge is -2.26. The summed E-state index contributed by atoms with van der Waals surface area (Å²) in [5.41, 5.74) is 1.15. The monoisotopic (exact) mass is 356 g/mol. The lowest BCUT2D eigenvalue weighted by atomic mass is 10.2. The summed E-state index contributed by atoms with van der Waals surface area (Å²) in [4.78, 5) is 26.3. The van der Waals surface area contributed by atoms with Gasteiger partial charge in [-0.25, -0.2) is 15.0 Å². The molecule has 8 heteroatoms. The van der Waals surface area contributed by atoms with Crippen molar-refractivity contribution in [2.24, 2.45) is 0 Å². The van der Waals surface area contributed by atoms with E-state index in [4.69, 9.17) is 0 Å². The predicted molar refractivity (Wildman–Crippen MR) is 105 cm³/mol. The summed E-state index contributed by atoms with van der Waals surface area (Å²) >= 11 is 0. The van der Waals surface area contributed by atoms with Crippen molar-refractivity contribution < 1.29 is 0 Å². The molecule has 0 amide bonds. The number of nitrogens with zero attached hydrogens (tertiary/aromatic N) is 8. The Morgan fingerprint density at radius 3 is 2.35 bits per heavy atom. The Kier molecular flexibility index (Phi) is 5.51. The molecule has 0 saturated carbocycles. The van der Waals surface area contributed by atoms with Crippen LogP contribution in [-0.2, 0) is 6.54 Å². The van der Waals surface area contributed by atoms with E-state index in [2.05, 4.69) is 36.8 Å². The van der Waals surface area contributed by atoms with E-state index in [0.29, 0.717) is 6.04 Å². The van der Waals surface area contributed by atoms with Gasteiger partial charge in [-0.3, -0.25) is 4.90 Å². The second kappa shape index (κ2) is 7.82. The lowest BCUT2D eigenvalue weighted by Crippen LogP contribution is -2.35. The van der Waals surface area contributed by atoms with Crippen molar-refractivity contribution in [1.82, 2.24) is 24.8 Å². The van der Waals surface area contributed by atoms with Crippen LogP contribution in [0.3, 0.4) is 0 Å². The molecule has 1 aliphatic rings. The third kappa shape index (κ3) is 4.19. The fourth-order valence-electron chi connectivity index (χ4n) is 3.13. The minimum atomic E-state index is 0.446. The van der Waals surface area contributed by atoms with Crippen molar-refractivity contribution in [2.45, 2.75) is 19.0 Å². The van der Waals surface area contributed by atoms with Crippen LogP contribution in [-0.4, -0.2) is 79.2 Å². The average Bonchev–Trinajstić information content (AvgIpc) is 3.10. The highest BCUT2D eigenvalue weighted by Crippen LogP contribution is 2.22. The summed E-state index contributed by atoms with van der Waals surface area (Å²) in [5, 5.41) is 0. The molecule has 140 valence electrons. The Morgan fingerprint density at radius 2 is 1.69 bits per heavy atom. The highest BCUT2D eigenvalue weighted by atomic mass is 15.3. The molecule has 0 N–H and O–H groups in total. The van der Waals surface area contributed by atoms with E-state index in [1.54, 1.807) is 0 Å². The van der Waals surface area contributed by atoms with Crippen LogP contribution < -0.4 is 14.7 Å². The molecule has 1 unspecified atom stereocenters. The fraction of sp³-hybridized carbons (Fsp3) is 0.556. The summed E-state index contributed by atoms with van der Waals surface area (Å²) in [6.45, 7) is 2.95. The zero-order chi connectivity index (χ0) is 18.7. The summed E-state index contributed by atoms with van der Waals surface area (Å²) in [6, 6.07) is 2.42. The first-order valence-corrected chi connectivity index (χ1v) is 8.88. The molecule has 8 nitrogen and oxygen atoms in total. The van der Waals surface area contributed by atoms with Crippen molar-refractivity contribution >= 4 is 17.7 Å². The van der Waals surface area contributed by atoms with Gasteiger partial charge in [-0.2, -0.15) is 4.98 Å². The Bertz CT molecular complexity index is 715. The quantitative estimate of drug-likeness (QED) is 0.763. The molecular formula is C18H28N8. The summed E-state index contributed by atoms with van der Waals surface area (Å²) in [7, 11) is 9.93. The number of rotatable bonds is 6. The molecule has 1 saturated heterocycles. The van der Waals surface area contributed by atoms with Gasteiger partial charge in [0, 0.05) is 85.1 Å². The number of likely N-dealkylation sites (N-methyl/N-ethyl adjacent to an activating group) is 1. The van der Waals surface area contributed by atoms with Gasteiger partial charge in [0.2, 0.25) is 11.9 Å². The Labute approximate surface area is 155 Å². The van der Waals surface area contributed by atoms with Gasteiger partial charge in [0.05, 0.1) is 0 Å². The third-order valence-electron chi connectivity index (χ3n) is 4.68. The molecule has 1 aliphatic heterocycles. The molecule has 2 aromatic heterocycles. The minimum Gasteiger partial charge on any atom is -0.355 e. The SMILES string of the molecule is CN(C)c1ncc(CN2CCC(N(C)c3ccnc(N(C)C)n3)C2)cn1. The highest BCUT2D eigenvalue weighted by Gasteiger charge is 2.27. The zero-order valence-electron chi connectivity index (χ0n) is 16.3. The molecule has 0 bridgehead atoms. The Hall–Kier alpha value is -2.48. The third-order valence-corrected chi connectivity index (χ3v) is 4.68. The number of aromatic nitrogens is 4. The molecule has 0 aromatic carbocycles. The van der Waals surface area contributed by atoms with Gasteiger partial charge in [0.15, 0.2) is 0 Å². The highest BCUT2D eigenvalue weighted by molar-refractivity contribution is 5.43. The first-order chi connectivity index (χ1) is 12.4. The predicted octanol–water partition coefficient (Wildman–Crippen LogP) is 1.11. The van der Waals surface area contributed by atoms with Gasteiger partial charge in [-0.1, -0.05) is 0 Å². The average molecular weight is 356 g/mol. The first-order valence-electron chi connectivity index (χ1n) is 8.88. The Balaban J connectivity index is 1.60. The van der Waals surface area contributed by atoms with Gasteiger partial charge in [0.25, 0.3) is 0 Å². The molecule has 0 aliphatic carbocycles. The van der Waals surface area contributed by atoms with Gasteiger partial charge in [-0.05, 0) is 12.5 Å². The molecule has 3 heterocycles. The lowest BCUT2D eigenvalue weighted by molar-refractivity contribution is 0.325. The molecule has 1 atom stereocenters. The van der Waals surface area contributed by atoms with E-state index >= 15 is 0 Å². The van der Waals surface area contributed by atoms with E-state index in [-0.39, 0.29) is 0 Å². The number of anilines is 3. The van der Waals surface area contributed by atoms with E-state index in [1.165, 1.54) is 0 Å². The normalized spacial score (nSPS) is 17.3. The maximum Gasteiger partial charge on any atom is 0.226 e. The summed E-state index contributed by atoms with van der Waals surface area (Å²) < 4.78 is 0. The molecular weight excluding hydrogens is 328 g/mol. The summed E-state index contributed by atoms with van der Waals surface area (Å²) in [5.74, 6) is 2.45. The molecule has 1 fully saturated rings.